The van der Waals surface area contributed by atoms with Gasteiger partial charge >= 0.3 is 5.97 Å². The molecule has 1 aromatic rings. The van der Waals surface area contributed by atoms with Crippen LogP contribution in [-0.2, 0) is 9.59 Å². The Labute approximate surface area is 111 Å². The monoisotopic (exact) mass is 266 g/mol. The first-order valence-electron chi connectivity index (χ1n) is 6.04. The summed E-state index contributed by atoms with van der Waals surface area (Å²) in [6.45, 7) is 1.53. The standard InChI is InChI=1S/C13H18N2O4/c1-2-4-11(14)13(18)15-9-5-3-6-10(7-9)19-8-12(16)17/h3,5-7,11H,2,4,8,14H2,1H3,(H,15,18)(H,16,17)/t11-/m1/s1. The van der Waals surface area contributed by atoms with E-state index in [-0.39, 0.29) is 5.91 Å². The lowest BCUT2D eigenvalue weighted by Crippen LogP contribution is -2.35. The van der Waals surface area contributed by atoms with Crippen molar-refractivity contribution in [1.29, 1.82) is 0 Å². The zero-order valence-electron chi connectivity index (χ0n) is 10.8. The summed E-state index contributed by atoms with van der Waals surface area (Å²) >= 11 is 0. The van der Waals surface area contributed by atoms with Crippen molar-refractivity contribution in [2.24, 2.45) is 5.73 Å². The normalized spacial score (nSPS) is 11.7. The van der Waals surface area contributed by atoms with Crippen molar-refractivity contribution >= 4 is 17.6 Å². The van der Waals surface area contributed by atoms with Gasteiger partial charge in [0.05, 0.1) is 6.04 Å². The molecule has 0 saturated carbocycles. The van der Waals surface area contributed by atoms with E-state index in [1.165, 1.54) is 0 Å². The summed E-state index contributed by atoms with van der Waals surface area (Å²) in [6.07, 6.45) is 1.44. The summed E-state index contributed by atoms with van der Waals surface area (Å²) in [5.41, 5.74) is 6.22. The highest BCUT2D eigenvalue weighted by Gasteiger charge is 2.12. The Bertz CT molecular complexity index is 448. The number of carbonyl (C=O) groups excluding carboxylic acids is 1. The molecule has 0 radical (unpaired) electrons. The van der Waals surface area contributed by atoms with Crippen LogP contribution in [0.3, 0.4) is 0 Å². The Morgan fingerprint density at radius 1 is 1.47 bits per heavy atom. The number of aliphatic carboxylic acids is 1. The van der Waals surface area contributed by atoms with E-state index in [1.54, 1.807) is 24.3 Å². The summed E-state index contributed by atoms with van der Waals surface area (Å²) in [5, 5.41) is 11.2. The van der Waals surface area contributed by atoms with Crippen molar-refractivity contribution in [3.8, 4) is 5.75 Å². The van der Waals surface area contributed by atoms with E-state index >= 15 is 0 Å². The Balaban J connectivity index is 2.61. The third kappa shape index (κ3) is 5.39. The van der Waals surface area contributed by atoms with E-state index in [0.717, 1.165) is 6.42 Å². The van der Waals surface area contributed by atoms with Crippen LogP contribution in [0.5, 0.6) is 5.75 Å². The minimum atomic E-state index is -1.06. The number of carboxylic acid groups (broad SMARTS) is 1. The Kier molecular flexibility index (Phi) is 5.81. The van der Waals surface area contributed by atoms with Crippen LogP contribution in [0.4, 0.5) is 5.69 Å². The van der Waals surface area contributed by atoms with Crippen molar-refractivity contribution in [2.45, 2.75) is 25.8 Å². The molecule has 1 aromatic carbocycles. The van der Waals surface area contributed by atoms with Crippen LogP contribution in [-0.4, -0.2) is 29.6 Å². The van der Waals surface area contributed by atoms with Crippen LogP contribution in [0.25, 0.3) is 0 Å². The van der Waals surface area contributed by atoms with Gasteiger partial charge in [-0.3, -0.25) is 4.79 Å². The van der Waals surface area contributed by atoms with E-state index in [4.69, 9.17) is 15.6 Å². The number of benzene rings is 1. The molecule has 0 saturated heterocycles. The third-order valence-corrected chi connectivity index (χ3v) is 2.40. The number of amides is 1. The number of carbonyl (C=O) groups is 2. The second-order valence-corrected chi connectivity index (χ2v) is 4.09. The molecule has 0 aliphatic rings. The Morgan fingerprint density at radius 3 is 2.84 bits per heavy atom. The fourth-order valence-electron chi connectivity index (χ4n) is 1.49. The summed E-state index contributed by atoms with van der Waals surface area (Å²) in [7, 11) is 0. The van der Waals surface area contributed by atoms with Gasteiger partial charge in [0.25, 0.3) is 0 Å². The average Bonchev–Trinajstić information content (AvgIpc) is 2.37. The number of hydrogen-bond donors (Lipinski definition) is 3. The molecular weight excluding hydrogens is 248 g/mol. The highest BCUT2D eigenvalue weighted by Crippen LogP contribution is 2.17. The number of anilines is 1. The predicted molar refractivity (Wildman–Crippen MR) is 71.1 cm³/mol. The van der Waals surface area contributed by atoms with Crippen LogP contribution in [0, 0.1) is 0 Å². The van der Waals surface area contributed by atoms with Crippen LogP contribution in [0.15, 0.2) is 24.3 Å². The lowest BCUT2D eigenvalue weighted by atomic mass is 10.1. The van der Waals surface area contributed by atoms with Gasteiger partial charge in [-0.25, -0.2) is 4.79 Å². The van der Waals surface area contributed by atoms with Gasteiger partial charge in [-0.2, -0.15) is 0 Å². The van der Waals surface area contributed by atoms with Gasteiger partial charge in [0.1, 0.15) is 5.75 Å². The molecule has 0 unspecified atom stereocenters. The largest absolute Gasteiger partial charge is 0.482 e. The fourth-order valence-corrected chi connectivity index (χ4v) is 1.49. The molecule has 19 heavy (non-hydrogen) atoms. The number of ether oxygens (including phenoxy) is 1. The van der Waals surface area contributed by atoms with Crippen LogP contribution >= 0.6 is 0 Å². The van der Waals surface area contributed by atoms with E-state index in [9.17, 15) is 9.59 Å². The summed E-state index contributed by atoms with van der Waals surface area (Å²) in [5.74, 6) is -0.944. The van der Waals surface area contributed by atoms with Gasteiger partial charge in [0.2, 0.25) is 5.91 Å². The Hall–Kier alpha value is -2.08. The first-order valence-corrected chi connectivity index (χ1v) is 6.04. The zero-order valence-corrected chi connectivity index (χ0v) is 10.8. The van der Waals surface area contributed by atoms with Gasteiger partial charge in [-0.1, -0.05) is 19.4 Å². The lowest BCUT2D eigenvalue weighted by molar-refractivity contribution is -0.139. The van der Waals surface area contributed by atoms with Gasteiger partial charge in [0, 0.05) is 11.8 Å². The topological polar surface area (TPSA) is 102 Å². The van der Waals surface area contributed by atoms with E-state index in [2.05, 4.69) is 5.32 Å². The van der Waals surface area contributed by atoms with Crippen molar-refractivity contribution in [2.75, 3.05) is 11.9 Å². The van der Waals surface area contributed by atoms with Crippen molar-refractivity contribution in [1.82, 2.24) is 0 Å². The van der Waals surface area contributed by atoms with Gasteiger partial charge in [0.15, 0.2) is 6.61 Å². The minimum Gasteiger partial charge on any atom is -0.482 e. The zero-order chi connectivity index (χ0) is 14.3. The van der Waals surface area contributed by atoms with E-state index < -0.39 is 18.6 Å². The fraction of sp³-hybridized carbons (Fsp3) is 0.385. The van der Waals surface area contributed by atoms with Gasteiger partial charge in [-0.05, 0) is 18.6 Å². The number of carboxylic acids is 1. The first-order chi connectivity index (χ1) is 9.02. The lowest BCUT2D eigenvalue weighted by Gasteiger charge is -2.12. The molecule has 0 spiro atoms. The molecule has 6 heteroatoms. The smallest absolute Gasteiger partial charge is 0.341 e. The second-order valence-electron chi connectivity index (χ2n) is 4.09. The summed E-state index contributed by atoms with van der Waals surface area (Å²) in [4.78, 5) is 22.1. The molecule has 104 valence electrons. The van der Waals surface area contributed by atoms with Crippen LogP contribution in [0.2, 0.25) is 0 Å². The van der Waals surface area contributed by atoms with E-state index in [1.807, 2.05) is 6.92 Å². The molecule has 6 nitrogen and oxygen atoms in total. The highest BCUT2D eigenvalue weighted by molar-refractivity contribution is 5.94. The van der Waals surface area contributed by atoms with Gasteiger partial charge in [-0.15, -0.1) is 0 Å². The summed E-state index contributed by atoms with van der Waals surface area (Å²) in [6, 6.07) is 5.97. The highest BCUT2D eigenvalue weighted by atomic mass is 16.5. The molecule has 1 rings (SSSR count). The van der Waals surface area contributed by atoms with Crippen LogP contribution in [0.1, 0.15) is 19.8 Å². The minimum absolute atomic E-state index is 0.266. The second kappa shape index (κ2) is 7.38. The molecule has 4 N–H and O–H groups in total. The van der Waals surface area contributed by atoms with E-state index in [0.29, 0.717) is 17.9 Å². The third-order valence-electron chi connectivity index (χ3n) is 2.40. The maximum Gasteiger partial charge on any atom is 0.341 e. The van der Waals surface area contributed by atoms with Crippen LogP contribution < -0.4 is 15.8 Å². The SMILES string of the molecule is CCC[C@@H](N)C(=O)Nc1cccc(OCC(=O)O)c1. The summed E-state index contributed by atoms with van der Waals surface area (Å²) < 4.78 is 5.02. The first kappa shape index (κ1) is 15.0. The van der Waals surface area contributed by atoms with Crippen molar-refractivity contribution < 1.29 is 19.4 Å². The van der Waals surface area contributed by atoms with Crippen molar-refractivity contribution in [3.63, 3.8) is 0 Å². The maximum atomic E-state index is 11.7. The predicted octanol–water partition coefficient (Wildman–Crippen LogP) is 1.22. The molecule has 0 fully saturated rings. The maximum absolute atomic E-state index is 11.7. The number of nitrogens with two attached hydrogens (primary N) is 1. The molecule has 0 heterocycles. The molecule has 0 aliphatic heterocycles. The quantitative estimate of drug-likeness (QED) is 0.688. The van der Waals surface area contributed by atoms with Crippen molar-refractivity contribution in [3.05, 3.63) is 24.3 Å². The molecule has 0 aliphatic carbocycles. The molecule has 0 bridgehead atoms. The Morgan fingerprint density at radius 2 is 2.21 bits per heavy atom. The number of nitrogens with one attached hydrogen (secondary N) is 1. The molecule has 1 amide bonds. The number of rotatable bonds is 7. The van der Waals surface area contributed by atoms with Gasteiger partial charge < -0.3 is 20.9 Å². The molecular formula is C13H18N2O4. The molecule has 0 aromatic heterocycles. The molecule has 1 atom stereocenters. The number of hydrogen-bond acceptors (Lipinski definition) is 4. The average molecular weight is 266 g/mol.